The summed E-state index contributed by atoms with van der Waals surface area (Å²) in [6.45, 7) is 3.62. The number of carbonyl (C=O) groups is 1. The van der Waals surface area contributed by atoms with E-state index in [2.05, 4.69) is 15.4 Å². The Bertz CT molecular complexity index is 881. The van der Waals surface area contributed by atoms with Crippen molar-refractivity contribution in [3.8, 4) is 16.4 Å². The SMILES string of the molecule is CC(C)NC(=O)Cn1nc(-c2cccs2)n(-c2ccncc2)c1=O. The van der Waals surface area contributed by atoms with Crippen LogP contribution in [-0.2, 0) is 11.3 Å². The molecule has 8 heteroatoms. The highest BCUT2D eigenvalue weighted by Gasteiger charge is 2.19. The standard InChI is InChI=1S/C16H17N5O2S/c1-11(2)18-14(22)10-20-16(23)21(12-5-7-17-8-6-12)15(19-20)13-4-3-9-24-13/h3-9,11H,10H2,1-2H3,(H,18,22). The lowest BCUT2D eigenvalue weighted by atomic mass is 10.3. The molecule has 0 aliphatic carbocycles. The molecular weight excluding hydrogens is 326 g/mol. The Hall–Kier alpha value is -2.74. The third-order valence-electron chi connectivity index (χ3n) is 3.24. The molecule has 0 aromatic carbocycles. The highest BCUT2D eigenvalue weighted by molar-refractivity contribution is 7.13. The van der Waals surface area contributed by atoms with Gasteiger partial charge in [0.15, 0.2) is 5.82 Å². The van der Waals surface area contributed by atoms with E-state index in [0.717, 1.165) is 4.88 Å². The number of carbonyl (C=O) groups excluding carboxylic acids is 1. The maximum absolute atomic E-state index is 12.8. The fourth-order valence-electron chi connectivity index (χ4n) is 2.31. The normalized spacial score (nSPS) is 11.0. The quantitative estimate of drug-likeness (QED) is 0.764. The second kappa shape index (κ2) is 6.79. The van der Waals surface area contributed by atoms with E-state index in [1.807, 2.05) is 31.4 Å². The Morgan fingerprint density at radius 2 is 2.04 bits per heavy atom. The molecule has 0 saturated heterocycles. The molecule has 124 valence electrons. The second-order valence-corrected chi connectivity index (χ2v) is 6.45. The van der Waals surface area contributed by atoms with Gasteiger partial charge in [0, 0.05) is 18.4 Å². The molecule has 0 fully saturated rings. The third-order valence-corrected chi connectivity index (χ3v) is 4.11. The zero-order chi connectivity index (χ0) is 17.1. The molecule has 0 unspecified atom stereocenters. The number of nitrogens with zero attached hydrogens (tertiary/aromatic N) is 4. The molecule has 3 aromatic rings. The van der Waals surface area contributed by atoms with E-state index in [0.29, 0.717) is 11.5 Å². The summed E-state index contributed by atoms with van der Waals surface area (Å²) in [5.41, 5.74) is 0.303. The zero-order valence-corrected chi connectivity index (χ0v) is 14.2. The highest BCUT2D eigenvalue weighted by Crippen LogP contribution is 2.23. The van der Waals surface area contributed by atoms with Gasteiger partial charge in [0.05, 0.1) is 10.6 Å². The Morgan fingerprint density at radius 1 is 1.29 bits per heavy atom. The summed E-state index contributed by atoms with van der Waals surface area (Å²) in [7, 11) is 0. The summed E-state index contributed by atoms with van der Waals surface area (Å²) in [6.07, 6.45) is 3.23. The number of amides is 1. The number of pyridine rings is 1. The van der Waals surface area contributed by atoms with Crippen LogP contribution in [0.4, 0.5) is 0 Å². The molecular formula is C16H17N5O2S. The Balaban J connectivity index is 2.07. The average molecular weight is 343 g/mol. The molecule has 1 amide bonds. The van der Waals surface area contributed by atoms with Crippen LogP contribution in [0, 0.1) is 0 Å². The fourth-order valence-corrected chi connectivity index (χ4v) is 3.00. The van der Waals surface area contributed by atoms with Crippen LogP contribution in [0.2, 0.25) is 0 Å². The van der Waals surface area contributed by atoms with Crippen LogP contribution in [0.1, 0.15) is 13.8 Å². The van der Waals surface area contributed by atoms with Crippen molar-refractivity contribution in [1.29, 1.82) is 0 Å². The van der Waals surface area contributed by atoms with Crippen molar-refractivity contribution in [1.82, 2.24) is 24.6 Å². The fraction of sp³-hybridized carbons (Fsp3) is 0.250. The maximum atomic E-state index is 12.8. The van der Waals surface area contributed by atoms with Gasteiger partial charge in [-0.2, -0.15) is 0 Å². The molecule has 0 saturated carbocycles. The second-order valence-electron chi connectivity index (χ2n) is 5.50. The molecule has 1 N–H and O–H groups in total. The summed E-state index contributed by atoms with van der Waals surface area (Å²) in [5.74, 6) is 0.266. The predicted octanol–water partition coefficient (Wildman–Crippen LogP) is 1.68. The first-order valence-corrected chi connectivity index (χ1v) is 8.37. The Morgan fingerprint density at radius 3 is 2.67 bits per heavy atom. The molecule has 0 radical (unpaired) electrons. The lowest BCUT2D eigenvalue weighted by Crippen LogP contribution is -2.36. The first-order chi connectivity index (χ1) is 11.6. The minimum absolute atomic E-state index is 0.00671. The van der Waals surface area contributed by atoms with Crippen molar-refractivity contribution in [2.75, 3.05) is 0 Å². The van der Waals surface area contributed by atoms with Gasteiger partial charge < -0.3 is 5.32 Å². The van der Waals surface area contributed by atoms with Gasteiger partial charge in [0.2, 0.25) is 5.91 Å². The number of hydrogen-bond acceptors (Lipinski definition) is 5. The average Bonchev–Trinajstić information content (AvgIpc) is 3.16. The van der Waals surface area contributed by atoms with Crippen molar-refractivity contribution >= 4 is 17.2 Å². The van der Waals surface area contributed by atoms with Gasteiger partial charge in [-0.3, -0.25) is 9.78 Å². The van der Waals surface area contributed by atoms with Crippen LogP contribution in [0.25, 0.3) is 16.4 Å². The van der Waals surface area contributed by atoms with Crippen LogP contribution >= 0.6 is 11.3 Å². The predicted molar refractivity (Wildman–Crippen MR) is 92.2 cm³/mol. The first-order valence-electron chi connectivity index (χ1n) is 7.50. The minimum atomic E-state index is -0.358. The molecule has 24 heavy (non-hydrogen) atoms. The summed E-state index contributed by atoms with van der Waals surface area (Å²) in [4.78, 5) is 29.6. The number of aromatic nitrogens is 4. The summed E-state index contributed by atoms with van der Waals surface area (Å²) < 4.78 is 2.68. The van der Waals surface area contributed by atoms with Gasteiger partial charge in [-0.1, -0.05) is 6.07 Å². The molecule has 3 heterocycles. The van der Waals surface area contributed by atoms with Crippen LogP contribution in [-0.4, -0.2) is 31.3 Å². The van der Waals surface area contributed by atoms with E-state index in [1.165, 1.54) is 20.6 Å². The van der Waals surface area contributed by atoms with Gasteiger partial charge in [-0.05, 0) is 37.4 Å². The van der Waals surface area contributed by atoms with Crippen LogP contribution < -0.4 is 11.0 Å². The lowest BCUT2D eigenvalue weighted by Gasteiger charge is -2.07. The van der Waals surface area contributed by atoms with Gasteiger partial charge in [0.1, 0.15) is 6.54 Å². The van der Waals surface area contributed by atoms with Gasteiger partial charge in [-0.15, -0.1) is 16.4 Å². The molecule has 0 spiro atoms. The lowest BCUT2D eigenvalue weighted by molar-refractivity contribution is -0.122. The van der Waals surface area contributed by atoms with Crippen molar-refractivity contribution < 1.29 is 4.79 Å². The molecule has 0 aliphatic heterocycles. The van der Waals surface area contributed by atoms with E-state index in [9.17, 15) is 9.59 Å². The Labute approximate surface area is 142 Å². The zero-order valence-electron chi connectivity index (χ0n) is 13.3. The van der Waals surface area contributed by atoms with E-state index < -0.39 is 0 Å². The van der Waals surface area contributed by atoms with Crippen LogP contribution in [0.15, 0.2) is 46.8 Å². The van der Waals surface area contributed by atoms with E-state index in [1.54, 1.807) is 24.5 Å². The van der Waals surface area contributed by atoms with Gasteiger partial charge >= 0.3 is 5.69 Å². The molecule has 0 atom stereocenters. The van der Waals surface area contributed by atoms with E-state index in [4.69, 9.17) is 0 Å². The number of rotatable bonds is 5. The summed E-state index contributed by atoms with van der Waals surface area (Å²) in [6, 6.07) is 7.26. The topological polar surface area (TPSA) is 81.8 Å². The van der Waals surface area contributed by atoms with E-state index >= 15 is 0 Å². The molecule has 7 nitrogen and oxygen atoms in total. The monoisotopic (exact) mass is 343 g/mol. The van der Waals surface area contributed by atoms with Crippen molar-refractivity contribution in [3.63, 3.8) is 0 Å². The van der Waals surface area contributed by atoms with Crippen molar-refractivity contribution in [3.05, 3.63) is 52.5 Å². The van der Waals surface area contributed by atoms with Gasteiger partial charge in [0.25, 0.3) is 0 Å². The van der Waals surface area contributed by atoms with E-state index in [-0.39, 0.29) is 24.2 Å². The Kier molecular flexibility index (Phi) is 4.57. The minimum Gasteiger partial charge on any atom is -0.352 e. The first kappa shape index (κ1) is 16.1. The maximum Gasteiger partial charge on any atom is 0.351 e. The summed E-state index contributed by atoms with van der Waals surface area (Å²) >= 11 is 1.48. The smallest absolute Gasteiger partial charge is 0.351 e. The van der Waals surface area contributed by atoms with Crippen LogP contribution in [0.3, 0.4) is 0 Å². The number of nitrogens with one attached hydrogen (secondary N) is 1. The molecule has 0 bridgehead atoms. The highest BCUT2D eigenvalue weighted by atomic mass is 32.1. The van der Waals surface area contributed by atoms with Crippen molar-refractivity contribution in [2.24, 2.45) is 0 Å². The third kappa shape index (κ3) is 3.28. The molecule has 3 aromatic heterocycles. The van der Waals surface area contributed by atoms with Crippen molar-refractivity contribution in [2.45, 2.75) is 26.4 Å². The summed E-state index contributed by atoms with van der Waals surface area (Å²) in [5, 5.41) is 9.06. The molecule has 0 aliphatic rings. The van der Waals surface area contributed by atoms with Crippen LogP contribution in [0.5, 0.6) is 0 Å². The number of hydrogen-bond donors (Lipinski definition) is 1. The number of thiophene rings is 1. The largest absolute Gasteiger partial charge is 0.352 e. The molecule has 3 rings (SSSR count). The van der Waals surface area contributed by atoms with Gasteiger partial charge in [-0.25, -0.2) is 14.0 Å².